The largest absolute Gasteiger partial charge is 0.356 e. The fourth-order valence-corrected chi connectivity index (χ4v) is 2.43. The number of aliphatic imine (C=N–C) groups is 1. The third kappa shape index (κ3) is 6.61. The minimum Gasteiger partial charge on any atom is -0.356 e. The molecule has 0 saturated carbocycles. The number of hydrogen-bond donors (Lipinski definition) is 2. The summed E-state index contributed by atoms with van der Waals surface area (Å²) in [6.45, 7) is 10.7. The van der Waals surface area contributed by atoms with Gasteiger partial charge in [0.1, 0.15) is 0 Å². The summed E-state index contributed by atoms with van der Waals surface area (Å²) in [5, 5.41) is 8.86. The first-order valence-corrected chi connectivity index (χ1v) is 7.32. The van der Waals surface area contributed by atoms with Gasteiger partial charge in [0.05, 0.1) is 0 Å². The van der Waals surface area contributed by atoms with Crippen molar-refractivity contribution in [2.45, 2.75) is 33.1 Å². The van der Waals surface area contributed by atoms with E-state index in [1.54, 1.807) is 0 Å². The molecule has 0 saturated heterocycles. The van der Waals surface area contributed by atoms with E-state index in [1.165, 1.54) is 4.88 Å². The maximum atomic E-state index is 4.24. The number of hydrogen-bond acceptors (Lipinski definition) is 2. The summed E-state index contributed by atoms with van der Waals surface area (Å²) < 4.78 is 0. The van der Waals surface area contributed by atoms with Crippen molar-refractivity contribution < 1.29 is 0 Å². The van der Waals surface area contributed by atoms with Crippen molar-refractivity contribution in [1.29, 1.82) is 0 Å². The number of halogens is 1. The number of nitrogens with zero attached hydrogens (tertiary/aromatic N) is 1. The predicted octanol–water partition coefficient (Wildman–Crippen LogP) is 3.46. The Bertz CT molecular complexity index is 372. The van der Waals surface area contributed by atoms with Crippen LogP contribution in [0.3, 0.4) is 0 Å². The molecule has 0 unspecified atom stereocenters. The predicted molar refractivity (Wildman–Crippen MR) is 97.0 cm³/mol. The topological polar surface area (TPSA) is 36.4 Å². The summed E-state index contributed by atoms with van der Waals surface area (Å²) in [4.78, 5) is 5.64. The zero-order valence-corrected chi connectivity index (χ0v) is 15.6. The molecule has 0 aliphatic heterocycles. The fraction of sp³-hybridized carbons (Fsp3) is 0.643. The molecule has 5 heteroatoms. The van der Waals surface area contributed by atoms with Gasteiger partial charge < -0.3 is 10.6 Å². The first kappa shape index (κ1) is 18.7. The fourth-order valence-electron chi connectivity index (χ4n) is 1.58. The summed E-state index contributed by atoms with van der Waals surface area (Å²) in [5.41, 5.74) is 0.129. The Morgan fingerprint density at radius 1 is 1.37 bits per heavy atom. The van der Waals surface area contributed by atoms with Gasteiger partial charge in [0, 0.05) is 30.4 Å². The highest BCUT2D eigenvalue weighted by Gasteiger charge is 2.21. The van der Waals surface area contributed by atoms with Crippen LogP contribution < -0.4 is 10.6 Å². The van der Waals surface area contributed by atoms with Gasteiger partial charge in [-0.1, -0.05) is 33.8 Å². The highest BCUT2D eigenvalue weighted by atomic mass is 127. The normalized spacial score (nSPS) is 12.2. The Labute approximate surface area is 138 Å². The van der Waals surface area contributed by atoms with Crippen LogP contribution in [0.4, 0.5) is 0 Å². The van der Waals surface area contributed by atoms with E-state index < -0.39 is 0 Å². The van der Waals surface area contributed by atoms with Crippen LogP contribution in [0.25, 0.3) is 0 Å². The van der Waals surface area contributed by atoms with Gasteiger partial charge in [0.25, 0.3) is 0 Å². The Morgan fingerprint density at radius 3 is 2.53 bits per heavy atom. The molecule has 1 heterocycles. The second kappa shape index (κ2) is 8.79. The molecule has 110 valence electrons. The quantitative estimate of drug-likeness (QED) is 0.455. The zero-order valence-electron chi connectivity index (χ0n) is 12.5. The molecule has 1 aromatic rings. The molecule has 0 aromatic carbocycles. The average Bonchev–Trinajstić information content (AvgIpc) is 2.83. The van der Waals surface area contributed by atoms with Crippen molar-refractivity contribution in [2.75, 3.05) is 20.1 Å². The number of nitrogens with one attached hydrogen (secondary N) is 2. The molecule has 1 aromatic heterocycles. The van der Waals surface area contributed by atoms with Crippen LogP contribution in [0.15, 0.2) is 22.5 Å². The molecule has 0 spiro atoms. The summed E-state index contributed by atoms with van der Waals surface area (Å²) in [6.07, 6.45) is 0. The molecule has 0 atom stereocenters. The van der Waals surface area contributed by atoms with Crippen LogP contribution in [-0.2, 0) is 5.41 Å². The SMILES string of the molecule is CN=C(NCC(C)C)NCC(C)(C)c1cccs1.I. The van der Waals surface area contributed by atoms with E-state index in [0.717, 1.165) is 19.0 Å². The van der Waals surface area contributed by atoms with Gasteiger partial charge in [-0.15, -0.1) is 35.3 Å². The van der Waals surface area contributed by atoms with Crippen molar-refractivity contribution in [3.05, 3.63) is 22.4 Å². The van der Waals surface area contributed by atoms with E-state index in [-0.39, 0.29) is 29.4 Å². The zero-order chi connectivity index (χ0) is 13.6. The molecular weight excluding hydrogens is 369 g/mol. The van der Waals surface area contributed by atoms with Crippen molar-refractivity contribution in [2.24, 2.45) is 10.9 Å². The summed E-state index contributed by atoms with van der Waals surface area (Å²) in [5.74, 6) is 1.50. The molecule has 0 bridgehead atoms. The molecule has 0 radical (unpaired) electrons. The van der Waals surface area contributed by atoms with Gasteiger partial charge in [0.2, 0.25) is 0 Å². The maximum Gasteiger partial charge on any atom is 0.191 e. The van der Waals surface area contributed by atoms with E-state index in [2.05, 4.69) is 60.8 Å². The van der Waals surface area contributed by atoms with E-state index in [9.17, 15) is 0 Å². The molecule has 0 amide bonds. The van der Waals surface area contributed by atoms with Gasteiger partial charge in [-0.2, -0.15) is 0 Å². The first-order chi connectivity index (χ1) is 8.45. The summed E-state index contributed by atoms with van der Waals surface area (Å²) in [6, 6.07) is 4.30. The molecule has 2 N–H and O–H groups in total. The second-order valence-corrected chi connectivity index (χ2v) is 6.51. The number of rotatable bonds is 5. The van der Waals surface area contributed by atoms with Crippen LogP contribution in [-0.4, -0.2) is 26.1 Å². The molecule has 0 aliphatic rings. The van der Waals surface area contributed by atoms with Crippen LogP contribution in [0.5, 0.6) is 0 Å². The summed E-state index contributed by atoms with van der Waals surface area (Å²) in [7, 11) is 1.81. The number of guanidine groups is 1. The lowest BCUT2D eigenvalue weighted by molar-refractivity contribution is 0.515. The van der Waals surface area contributed by atoms with Crippen LogP contribution in [0, 0.1) is 5.92 Å². The molecule has 1 rings (SSSR count). The summed E-state index contributed by atoms with van der Waals surface area (Å²) >= 11 is 1.81. The van der Waals surface area contributed by atoms with Gasteiger partial charge in [-0.05, 0) is 17.4 Å². The molecular formula is C14H26IN3S. The minimum atomic E-state index is 0. The van der Waals surface area contributed by atoms with E-state index >= 15 is 0 Å². The van der Waals surface area contributed by atoms with Crippen LogP contribution in [0.2, 0.25) is 0 Å². The van der Waals surface area contributed by atoms with Crippen LogP contribution >= 0.6 is 35.3 Å². The Kier molecular flexibility index (Phi) is 8.65. The van der Waals surface area contributed by atoms with Gasteiger partial charge in [-0.25, -0.2) is 0 Å². The molecule has 0 aliphatic carbocycles. The maximum absolute atomic E-state index is 4.24. The monoisotopic (exact) mass is 395 g/mol. The lowest BCUT2D eigenvalue weighted by atomic mass is 9.91. The Hall–Kier alpha value is -0.300. The smallest absolute Gasteiger partial charge is 0.191 e. The Balaban J connectivity index is 0.00000324. The van der Waals surface area contributed by atoms with E-state index in [4.69, 9.17) is 0 Å². The van der Waals surface area contributed by atoms with Gasteiger partial charge >= 0.3 is 0 Å². The minimum absolute atomic E-state index is 0. The first-order valence-electron chi connectivity index (χ1n) is 6.44. The lowest BCUT2D eigenvalue weighted by Gasteiger charge is -2.25. The standard InChI is InChI=1S/C14H25N3S.HI/c1-11(2)9-16-13(15-5)17-10-14(3,4)12-7-6-8-18-12;/h6-8,11H,9-10H2,1-5H3,(H2,15,16,17);1H. The number of thiophene rings is 1. The van der Waals surface area contributed by atoms with Crippen molar-refractivity contribution in [3.63, 3.8) is 0 Å². The van der Waals surface area contributed by atoms with Gasteiger partial charge in [0.15, 0.2) is 5.96 Å². The van der Waals surface area contributed by atoms with E-state index in [1.807, 2.05) is 18.4 Å². The average molecular weight is 395 g/mol. The van der Waals surface area contributed by atoms with Gasteiger partial charge in [-0.3, -0.25) is 4.99 Å². The highest BCUT2D eigenvalue weighted by Crippen LogP contribution is 2.26. The molecule has 3 nitrogen and oxygen atoms in total. The van der Waals surface area contributed by atoms with Crippen LogP contribution in [0.1, 0.15) is 32.6 Å². The highest BCUT2D eigenvalue weighted by molar-refractivity contribution is 14.0. The Morgan fingerprint density at radius 2 is 2.05 bits per heavy atom. The molecule has 0 fully saturated rings. The third-order valence-electron chi connectivity index (χ3n) is 2.79. The molecule has 19 heavy (non-hydrogen) atoms. The van der Waals surface area contributed by atoms with E-state index in [0.29, 0.717) is 5.92 Å². The third-order valence-corrected chi connectivity index (χ3v) is 4.02. The van der Waals surface area contributed by atoms with Crippen molar-refractivity contribution in [1.82, 2.24) is 10.6 Å². The van der Waals surface area contributed by atoms with Crippen molar-refractivity contribution in [3.8, 4) is 0 Å². The second-order valence-electron chi connectivity index (χ2n) is 5.56. The lowest BCUT2D eigenvalue weighted by Crippen LogP contribution is -2.44. The van der Waals surface area contributed by atoms with Crippen molar-refractivity contribution >= 4 is 41.3 Å².